The highest BCUT2D eigenvalue weighted by Gasteiger charge is 2.37. The molecule has 1 saturated heterocycles. The predicted octanol–water partition coefficient (Wildman–Crippen LogP) is 2.50. The molecule has 1 fully saturated rings. The van der Waals surface area contributed by atoms with E-state index in [1.165, 1.54) is 0 Å². The van der Waals surface area contributed by atoms with Crippen LogP contribution >= 0.6 is 0 Å². The summed E-state index contributed by atoms with van der Waals surface area (Å²) in [5.41, 5.74) is 1.00. The number of nitrogens with zero attached hydrogens (tertiary/aromatic N) is 2. The van der Waals surface area contributed by atoms with Gasteiger partial charge in [-0.15, -0.1) is 0 Å². The smallest absolute Gasteiger partial charge is 0.135 e. The average Bonchev–Trinajstić information content (AvgIpc) is 2.66. The molecule has 2 unspecified atom stereocenters. The molecule has 1 aliphatic heterocycles. The Kier molecular flexibility index (Phi) is 3.94. The van der Waals surface area contributed by atoms with Crippen LogP contribution in [0.15, 0.2) is 0 Å². The minimum atomic E-state index is -0.0605. The van der Waals surface area contributed by atoms with E-state index in [0.717, 1.165) is 42.6 Å². The summed E-state index contributed by atoms with van der Waals surface area (Å²) < 4.78 is 5.67. The Bertz CT molecular complexity index is 463. The first-order valence-corrected chi connectivity index (χ1v) is 6.95. The summed E-state index contributed by atoms with van der Waals surface area (Å²) in [5, 5.41) is 6.84. The molecule has 0 aromatic carbocycles. The molecule has 2 N–H and O–H groups in total. The van der Waals surface area contributed by atoms with Gasteiger partial charge >= 0.3 is 0 Å². The van der Waals surface area contributed by atoms with Gasteiger partial charge in [0.2, 0.25) is 0 Å². The molecule has 0 amide bonds. The van der Waals surface area contributed by atoms with Crippen molar-refractivity contribution in [2.75, 3.05) is 23.8 Å². The van der Waals surface area contributed by atoms with E-state index in [0.29, 0.717) is 0 Å². The van der Waals surface area contributed by atoms with Crippen LogP contribution in [0.25, 0.3) is 0 Å². The number of nitrogens with one attached hydrogen (secondary N) is 2. The van der Waals surface area contributed by atoms with Crippen molar-refractivity contribution in [1.29, 1.82) is 0 Å². The number of hydrogen-bond donors (Lipinski definition) is 2. The van der Waals surface area contributed by atoms with Crippen LogP contribution in [-0.4, -0.2) is 34.8 Å². The van der Waals surface area contributed by atoms with E-state index in [1.54, 1.807) is 0 Å². The molecule has 0 radical (unpaired) electrons. The Hall–Kier alpha value is -1.36. The van der Waals surface area contributed by atoms with Crippen LogP contribution in [0.1, 0.15) is 38.6 Å². The van der Waals surface area contributed by atoms with Gasteiger partial charge in [0.1, 0.15) is 17.5 Å². The molecule has 2 rings (SSSR count). The van der Waals surface area contributed by atoms with Crippen molar-refractivity contribution in [2.45, 2.75) is 52.7 Å². The van der Waals surface area contributed by atoms with Gasteiger partial charge in [0.15, 0.2) is 0 Å². The van der Waals surface area contributed by atoms with Crippen molar-refractivity contribution in [3.63, 3.8) is 0 Å². The van der Waals surface area contributed by atoms with Crippen LogP contribution in [0.2, 0.25) is 0 Å². The first kappa shape index (κ1) is 14.1. The van der Waals surface area contributed by atoms with Crippen molar-refractivity contribution < 1.29 is 4.74 Å². The molecular weight excluding hydrogens is 240 g/mol. The third-order valence-corrected chi connectivity index (χ3v) is 3.89. The molecule has 1 aliphatic rings. The van der Waals surface area contributed by atoms with E-state index in [2.05, 4.69) is 41.4 Å². The molecule has 2 heterocycles. The molecular formula is C14H24N4O. The normalized spacial score (nSPS) is 26.5. The SMILES string of the molecule is CCNc1nc(C)nc(NC2(C)CCOC2C)c1C. The molecule has 106 valence electrons. The quantitative estimate of drug-likeness (QED) is 0.875. The maximum atomic E-state index is 5.67. The Balaban J connectivity index is 2.29. The number of ether oxygens (including phenoxy) is 1. The number of hydrogen-bond acceptors (Lipinski definition) is 5. The van der Waals surface area contributed by atoms with Gasteiger partial charge in [-0.05, 0) is 41.0 Å². The standard InChI is InChI=1S/C14H24N4O/c1-6-15-12-9(2)13(17-11(4)16-12)18-14(5)7-8-19-10(14)3/h10H,6-8H2,1-5H3,(H2,15,16,17,18). The third-order valence-electron chi connectivity index (χ3n) is 3.89. The number of aromatic nitrogens is 2. The Morgan fingerprint density at radius 3 is 2.58 bits per heavy atom. The molecule has 1 aromatic heterocycles. The average molecular weight is 264 g/mol. The lowest BCUT2D eigenvalue weighted by molar-refractivity contribution is 0.105. The van der Waals surface area contributed by atoms with Gasteiger partial charge in [-0.3, -0.25) is 0 Å². The largest absolute Gasteiger partial charge is 0.376 e. The summed E-state index contributed by atoms with van der Waals surface area (Å²) in [6, 6.07) is 0. The Morgan fingerprint density at radius 1 is 1.32 bits per heavy atom. The molecule has 0 spiro atoms. The summed E-state index contributed by atoms with van der Waals surface area (Å²) in [7, 11) is 0. The fraction of sp³-hybridized carbons (Fsp3) is 0.714. The molecule has 0 aliphatic carbocycles. The summed E-state index contributed by atoms with van der Waals surface area (Å²) in [6.45, 7) is 12.0. The number of anilines is 2. The van der Waals surface area contributed by atoms with Gasteiger partial charge in [-0.2, -0.15) is 0 Å². The topological polar surface area (TPSA) is 59.1 Å². The van der Waals surface area contributed by atoms with Gasteiger partial charge in [-0.1, -0.05) is 0 Å². The van der Waals surface area contributed by atoms with Crippen LogP contribution in [0.4, 0.5) is 11.6 Å². The molecule has 0 bridgehead atoms. The zero-order valence-corrected chi connectivity index (χ0v) is 12.5. The maximum absolute atomic E-state index is 5.67. The van der Waals surface area contributed by atoms with Crippen LogP contribution in [0, 0.1) is 13.8 Å². The van der Waals surface area contributed by atoms with Crippen LogP contribution < -0.4 is 10.6 Å². The van der Waals surface area contributed by atoms with E-state index in [9.17, 15) is 0 Å². The van der Waals surface area contributed by atoms with Gasteiger partial charge in [-0.25, -0.2) is 9.97 Å². The van der Waals surface area contributed by atoms with E-state index < -0.39 is 0 Å². The Morgan fingerprint density at radius 2 is 2.00 bits per heavy atom. The van der Waals surface area contributed by atoms with Gasteiger partial charge in [0.25, 0.3) is 0 Å². The van der Waals surface area contributed by atoms with Crippen LogP contribution in [-0.2, 0) is 4.74 Å². The first-order valence-electron chi connectivity index (χ1n) is 6.95. The summed E-state index contributed by atoms with van der Waals surface area (Å²) in [6.07, 6.45) is 1.18. The summed E-state index contributed by atoms with van der Waals surface area (Å²) in [4.78, 5) is 8.99. The van der Waals surface area contributed by atoms with Crippen LogP contribution in [0.5, 0.6) is 0 Å². The molecule has 5 heteroatoms. The molecule has 0 saturated carbocycles. The fourth-order valence-corrected chi connectivity index (χ4v) is 2.36. The van der Waals surface area contributed by atoms with Crippen molar-refractivity contribution in [2.24, 2.45) is 0 Å². The van der Waals surface area contributed by atoms with Crippen molar-refractivity contribution in [1.82, 2.24) is 9.97 Å². The van der Waals surface area contributed by atoms with Crippen molar-refractivity contribution in [3.8, 4) is 0 Å². The first-order chi connectivity index (χ1) is 8.96. The van der Waals surface area contributed by atoms with E-state index in [-0.39, 0.29) is 11.6 Å². The lowest BCUT2D eigenvalue weighted by Gasteiger charge is -2.30. The van der Waals surface area contributed by atoms with Crippen molar-refractivity contribution >= 4 is 11.6 Å². The predicted molar refractivity (Wildman–Crippen MR) is 77.7 cm³/mol. The third kappa shape index (κ3) is 2.81. The van der Waals surface area contributed by atoms with E-state index >= 15 is 0 Å². The molecule has 2 atom stereocenters. The highest BCUT2D eigenvalue weighted by atomic mass is 16.5. The van der Waals surface area contributed by atoms with Gasteiger partial charge in [0.05, 0.1) is 11.6 Å². The highest BCUT2D eigenvalue weighted by molar-refractivity contribution is 5.58. The Labute approximate surface area is 115 Å². The van der Waals surface area contributed by atoms with E-state index in [4.69, 9.17) is 4.74 Å². The van der Waals surface area contributed by atoms with Gasteiger partial charge in [0, 0.05) is 18.7 Å². The lowest BCUT2D eigenvalue weighted by Crippen LogP contribution is -2.41. The molecule has 5 nitrogen and oxygen atoms in total. The minimum Gasteiger partial charge on any atom is -0.376 e. The second-order valence-corrected chi connectivity index (χ2v) is 5.43. The highest BCUT2D eigenvalue weighted by Crippen LogP contribution is 2.31. The monoisotopic (exact) mass is 264 g/mol. The second kappa shape index (κ2) is 5.33. The molecule has 1 aromatic rings. The number of aryl methyl sites for hydroxylation is 1. The van der Waals surface area contributed by atoms with E-state index in [1.807, 2.05) is 13.8 Å². The molecule has 19 heavy (non-hydrogen) atoms. The lowest BCUT2D eigenvalue weighted by atomic mass is 9.94. The zero-order valence-electron chi connectivity index (χ0n) is 12.5. The minimum absolute atomic E-state index is 0.0605. The van der Waals surface area contributed by atoms with Gasteiger partial charge < -0.3 is 15.4 Å². The van der Waals surface area contributed by atoms with Crippen LogP contribution in [0.3, 0.4) is 0 Å². The summed E-state index contributed by atoms with van der Waals surface area (Å²) >= 11 is 0. The summed E-state index contributed by atoms with van der Waals surface area (Å²) in [5.74, 6) is 2.59. The fourth-order valence-electron chi connectivity index (χ4n) is 2.36. The maximum Gasteiger partial charge on any atom is 0.135 e. The number of rotatable bonds is 4. The second-order valence-electron chi connectivity index (χ2n) is 5.43. The van der Waals surface area contributed by atoms with Crippen molar-refractivity contribution in [3.05, 3.63) is 11.4 Å². The zero-order chi connectivity index (χ0) is 14.0.